The van der Waals surface area contributed by atoms with E-state index < -0.39 is 15.8 Å². The molecule has 13 heteroatoms. The molecule has 0 saturated heterocycles. The van der Waals surface area contributed by atoms with Crippen LogP contribution < -0.4 is 5.43 Å². The lowest BCUT2D eigenvalue weighted by molar-refractivity contribution is -0.385. The third-order valence-corrected chi connectivity index (χ3v) is 6.06. The van der Waals surface area contributed by atoms with Crippen molar-refractivity contribution < 1.29 is 19.1 Å². The molecule has 0 saturated carbocycles. The molecule has 0 radical (unpaired) electrons. The van der Waals surface area contributed by atoms with Gasteiger partial charge in [-0.25, -0.2) is 10.4 Å². The molecule has 2 aromatic heterocycles. The van der Waals surface area contributed by atoms with E-state index in [1.807, 2.05) is 0 Å². The van der Waals surface area contributed by atoms with Crippen LogP contribution in [0.25, 0.3) is 10.2 Å². The Balaban J connectivity index is 1.41. The Morgan fingerprint density at radius 1 is 1.12 bits per heavy atom. The van der Waals surface area contributed by atoms with Gasteiger partial charge in [-0.3, -0.25) is 25.0 Å². The molecule has 1 N–H and O–H groups in total. The van der Waals surface area contributed by atoms with Gasteiger partial charge in [0.05, 0.1) is 26.3 Å². The monoisotopic (exact) mass is 469 g/mol. The Labute approximate surface area is 187 Å². The number of amides is 1. The van der Waals surface area contributed by atoms with Gasteiger partial charge in [-0.2, -0.15) is 5.10 Å². The molecule has 0 atom stereocenters. The summed E-state index contributed by atoms with van der Waals surface area (Å²) in [4.78, 5) is 37.4. The van der Waals surface area contributed by atoms with Gasteiger partial charge in [0.25, 0.3) is 17.3 Å². The first-order valence-electron chi connectivity index (χ1n) is 8.80. The molecule has 0 aliphatic carbocycles. The number of fused-ring (bicyclic) bond motifs is 1. The Morgan fingerprint density at radius 3 is 2.72 bits per heavy atom. The Hall–Kier alpha value is -4.10. The maximum absolute atomic E-state index is 12.1. The smallest absolute Gasteiger partial charge is 0.282 e. The summed E-state index contributed by atoms with van der Waals surface area (Å²) in [6, 6.07) is 13.3. The van der Waals surface area contributed by atoms with Gasteiger partial charge in [-0.15, -0.1) is 11.3 Å². The van der Waals surface area contributed by atoms with Crippen molar-refractivity contribution in [3.05, 3.63) is 86.1 Å². The molecule has 2 heterocycles. The number of nitrogens with zero attached hydrogens (tertiary/aromatic N) is 4. The van der Waals surface area contributed by atoms with Crippen molar-refractivity contribution in [3.8, 4) is 0 Å². The van der Waals surface area contributed by atoms with Crippen LogP contribution >= 0.6 is 23.1 Å². The molecule has 4 rings (SSSR count). The van der Waals surface area contributed by atoms with Gasteiger partial charge in [0.1, 0.15) is 11.3 Å². The number of thiazole rings is 1. The van der Waals surface area contributed by atoms with Gasteiger partial charge in [-0.1, -0.05) is 12.1 Å². The van der Waals surface area contributed by atoms with Gasteiger partial charge in [0, 0.05) is 18.2 Å². The molecule has 1 amide bonds. The summed E-state index contributed by atoms with van der Waals surface area (Å²) in [6.45, 7) is 0. The van der Waals surface area contributed by atoms with Crippen LogP contribution in [0.2, 0.25) is 0 Å². The molecule has 0 bridgehead atoms. The summed E-state index contributed by atoms with van der Waals surface area (Å²) in [5, 5.41) is 26.2. The summed E-state index contributed by atoms with van der Waals surface area (Å²) in [7, 11) is 0. The van der Waals surface area contributed by atoms with Gasteiger partial charge in [0.15, 0.2) is 9.43 Å². The summed E-state index contributed by atoms with van der Waals surface area (Å²) >= 11 is 2.53. The van der Waals surface area contributed by atoms with Gasteiger partial charge >= 0.3 is 0 Å². The highest BCUT2D eigenvalue weighted by Crippen LogP contribution is 2.36. The van der Waals surface area contributed by atoms with E-state index in [1.54, 1.807) is 18.2 Å². The zero-order valence-corrected chi connectivity index (χ0v) is 17.5. The average molecular weight is 469 g/mol. The topological polar surface area (TPSA) is 154 Å². The fourth-order valence-corrected chi connectivity index (χ4v) is 4.64. The third kappa shape index (κ3) is 4.63. The van der Waals surface area contributed by atoms with Crippen molar-refractivity contribution in [2.24, 2.45) is 5.10 Å². The standard InChI is InChI=1S/C19H11N5O6S2/c25-18(13-3-1-2-4-15(13)24(28)29)22-20-10-12-6-8-17(30-12)32-19-21-14-7-5-11(23(26)27)9-16(14)31-19/h1-10H,(H,22,25)/b20-10-. The van der Waals surface area contributed by atoms with Crippen LogP contribution in [-0.2, 0) is 0 Å². The second-order valence-electron chi connectivity index (χ2n) is 6.12. The lowest BCUT2D eigenvalue weighted by Crippen LogP contribution is -2.18. The Morgan fingerprint density at radius 2 is 1.94 bits per heavy atom. The van der Waals surface area contributed by atoms with E-state index in [9.17, 15) is 25.0 Å². The minimum Gasteiger partial charge on any atom is -0.448 e. The molecule has 160 valence electrons. The van der Waals surface area contributed by atoms with Crippen molar-refractivity contribution >= 4 is 56.8 Å². The molecule has 2 aromatic carbocycles. The lowest BCUT2D eigenvalue weighted by Gasteiger charge is -2.00. The first-order chi connectivity index (χ1) is 15.4. The second-order valence-corrected chi connectivity index (χ2v) is 8.40. The van der Waals surface area contributed by atoms with Crippen LogP contribution in [0.15, 0.2) is 73.5 Å². The third-order valence-electron chi connectivity index (χ3n) is 4.06. The van der Waals surface area contributed by atoms with Gasteiger partial charge < -0.3 is 4.42 Å². The second kappa shape index (κ2) is 8.95. The normalized spacial score (nSPS) is 11.1. The summed E-state index contributed by atoms with van der Waals surface area (Å²) in [5.41, 5.74) is 2.44. The maximum atomic E-state index is 12.1. The number of nitro benzene ring substituents is 2. The average Bonchev–Trinajstić information content (AvgIpc) is 3.39. The van der Waals surface area contributed by atoms with Crippen molar-refractivity contribution in [1.82, 2.24) is 10.4 Å². The highest BCUT2D eigenvalue weighted by Gasteiger charge is 2.18. The van der Waals surface area contributed by atoms with Crippen LogP contribution in [0, 0.1) is 20.2 Å². The first kappa shape index (κ1) is 21.1. The van der Waals surface area contributed by atoms with E-state index in [0.29, 0.717) is 25.4 Å². The van der Waals surface area contributed by atoms with E-state index in [1.165, 1.54) is 65.7 Å². The number of aromatic nitrogens is 1. The van der Waals surface area contributed by atoms with E-state index >= 15 is 0 Å². The number of nitrogens with one attached hydrogen (secondary N) is 1. The summed E-state index contributed by atoms with van der Waals surface area (Å²) in [6.07, 6.45) is 1.26. The zero-order chi connectivity index (χ0) is 22.7. The minimum absolute atomic E-state index is 0.00271. The number of hydrogen-bond acceptors (Lipinski definition) is 10. The predicted octanol–water partition coefficient (Wildman–Crippen LogP) is 4.62. The summed E-state index contributed by atoms with van der Waals surface area (Å²) in [5.74, 6) is -0.384. The molecule has 0 unspecified atom stereocenters. The van der Waals surface area contributed by atoms with E-state index in [2.05, 4.69) is 15.5 Å². The first-order valence-corrected chi connectivity index (χ1v) is 10.4. The largest absolute Gasteiger partial charge is 0.448 e. The van der Waals surface area contributed by atoms with Gasteiger partial charge in [-0.05, 0) is 36.0 Å². The zero-order valence-electron chi connectivity index (χ0n) is 15.8. The van der Waals surface area contributed by atoms with Crippen molar-refractivity contribution in [3.63, 3.8) is 0 Å². The van der Waals surface area contributed by atoms with Crippen molar-refractivity contribution in [2.45, 2.75) is 9.43 Å². The highest BCUT2D eigenvalue weighted by atomic mass is 32.2. The van der Waals surface area contributed by atoms with Crippen LogP contribution in [0.4, 0.5) is 11.4 Å². The van der Waals surface area contributed by atoms with Crippen LogP contribution in [0.3, 0.4) is 0 Å². The molecule has 0 aliphatic rings. The quantitative estimate of drug-likeness (QED) is 0.234. The number of furan rings is 1. The highest BCUT2D eigenvalue weighted by molar-refractivity contribution is 8.01. The van der Waals surface area contributed by atoms with Crippen LogP contribution in [0.1, 0.15) is 16.1 Å². The molecule has 0 fully saturated rings. The molecule has 32 heavy (non-hydrogen) atoms. The van der Waals surface area contributed by atoms with Crippen molar-refractivity contribution in [1.29, 1.82) is 0 Å². The van der Waals surface area contributed by atoms with Crippen LogP contribution in [0.5, 0.6) is 0 Å². The number of benzene rings is 2. The number of hydrogen-bond donors (Lipinski definition) is 1. The van der Waals surface area contributed by atoms with E-state index in [0.717, 1.165) is 0 Å². The number of carbonyl (C=O) groups is 1. The number of rotatable bonds is 7. The lowest BCUT2D eigenvalue weighted by atomic mass is 10.2. The van der Waals surface area contributed by atoms with E-state index in [-0.39, 0.29) is 16.9 Å². The molecule has 0 spiro atoms. The number of carbonyl (C=O) groups excluding carboxylic acids is 1. The maximum Gasteiger partial charge on any atom is 0.282 e. The number of nitro groups is 2. The SMILES string of the molecule is O=C(N/N=C\c1ccc(Sc2nc3ccc([N+](=O)[O-])cc3s2)o1)c1ccccc1[N+](=O)[O-]. The minimum atomic E-state index is -0.724. The number of hydrazone groups is 1. The van der Waals surface area contributed by atoms with E-state index in [4.69, 9.17) is 4.42 Å². The molecular weight excluding hydrogens is 458 g/mol. The number of para-hydroxylation sites is 1. The Bertz CT molecular complexity index is 1380. The molecule has 4 aromatic rings. The molecule has 0 aliphatic heterocycles. The van der Waals surface area contributed by atoms with Crippen LogP contribution in [-0.4, -0.2) is 27.0 Å². The fraction of sp³-hybridized carbons (Fsp3) is 0. The summed E-state index contributed by atoms with van der Waals surface area (Å²) < 4.78 is 6.94. The Kier molecular flexibility index (Phi) is 5.91. The predicted molar refractivity (Wildman–Crippen MR) is 117 cm³/mol. The fourth-order valence-electron chi connectivity index (χ4n) is 2.63. The van der Waals surface area contributed by atoms with Crippen molar-refractivity contribution in [2.75, 3.05) is 0 Å². The number of non-ortho nitro benzene ring substituents is 1. The van der Waals surface area contributed by atoms with Gasteiger partial charge in [0.2, 0.25) is 0 Å². The molecule has 11 nitrogen and oxygen atoms in total. The molecular formula is C19H11N5O6S2.